The van der Waals surface area contributed by atoms with E-state index in [4.69, 9.17) is 9.47 Å². The number of rotatable bonds is 9. The Morgan fingerprint density at radius 1 is 1.23 bits per heavy atom. The summed E-state index contributed by atoms with van der Waals surface area (Å²) in [5.41, 5.74) is 1.30. The second-order valence-electron chi connectivity index (χ2n) is 6.87. The van der Waals surface area contributed by atoms with Crippen molar-refractivity contribution in [2.24, 2.45) is 0 Å². The quantitative estimate of drug-likeness (QED) is 0.661. The summed E-state index contributed by atoms with van der Waals surface area (Å²) in [5.74, 6) is 0.973. The van der Waals surface area contributed by atoms with Gasteiger partial charge < -0.3 is 14.4 Å². The maximum absolute atomic E-state index is 5.77. The smallest absolute Gasteiger partial charge is 0.119 e. The average Bonchev–Trinajstić information content (AvgIpc) is 3.20. The fraction of sp³-hybridized carbons (Fsp3) is 0.524. The van der Waals surface area contributed by atoms with E-state index in [1.54, 1.807) is 0 Å². The summed E-state index contributed by atoms with van der Waals surface area (Å²) in [6, 6.07) is 13.3. The lowest BCUT2D eigenvalue weighted by atomic mass is 10.1. The van der Waals surface area contributed by atoms with Crippen LogP contribution < -0.4 is 4.74 Å². The molecule has 1 aromatic carbocycles. The molecule has 142 valence electrons. The van der Waals surface area contributed by atoms with Gasteiger partial charge in [-0.15, -0.1) is 11.3 Å². The van der Waals surface area contributed by atoms with Crippen LogP contribution in [-0.4, -0.2) is 56.3 Å². The van der Waals surface area contributed by atoms with Crippen LogP contribution in [0.5, 0.6) is 5.75 Å². The van der Waals surface area contributed by atoms with Crippen molar-refractivity contribution < 1.29 is 9.47 Å². The predicted molar refractivity (Wildman–Crippen MR) is 108 cm³/mol. The molecule has 2 aromatic rings. The van der Waals surface area contributed by atoms with E-state index in [-0.39, 0.29) is 0 Å². The van der Waals surface area contributed by atoms with Crippen molar-refractivity contribution in [3.05, 3.63) is 52.2 Å². The second kappa shape index (κ2) is 10.1. The van der Waals surface area contributed by atoms with Crippen LogP contribution >= 0.6 is 11.3 Å². The first kappa shape index (κ1) is 19.4. The van der Waals surface area contributed by atoms with Gasteiger partial charge in [0.1, 0.15) is 5.75 Å². The molecule has 26 heavy (non-hydrogen) atoms. The highest BCUT2D eigenvalue weighted by Crippen LogP contribution is 2.27. The van der Waals surface area contributed by atoms with Gasteiger partial charge >= 0.3 is 0 Å². The minimum Gasteiger partial charge on any atom is -0.494 e. The van der Waals surface area contributed by atoms with Crippen molar-refractivity contribution in [2.45, 2.75) is 25.9 Å². The molecular weight excluding hydrogens is 344 g/mol. The standard InChI is InChI=1S/C21H30N2O2S/c1-3-11-25-19-7-4-6-18(15-19)16-22(2)17-20(21-8-5-14-26-21)23-9-12-24-13-10-23/h4-8,14-15,20H,3,9-13,16-17H2,1-2H3. The fourth-order valence-corrected chi connectivity index (χ4v) is 4.23. The minimum absolute atomic E-state index is 0.434. The number of ether oxygens (including phenoxy) is 2. The van der Waals surface area contributed by atoms with E-state index in [1.807, 2.05) is 17.4 Å². The monoisotopic (exact) mass is 374 g/mol. The highest BCUT2D eigenvalue weighted by Gasteiger charge is 2.24. The van der Waals surface area contributed by atoms with Crippen LogP contribution in [-0.2, 0) is 11.3 Å². The molecule has 1 saturated heterocycles. The molecule has 0 aliphatic carbocycles. The Morgan fingerprint density at radius 2 is 2.08 bits per heavy atom. The topological polar surface area (TPSA) is 24.9 Å². The van der Waals surface area contributed by atoms with Crippen molar-refractivity contribution in [2.75, 3.05) is 46.5 Å². The lowest BCUT2D eigenvalue weighted by molar-refractivity contribution is 0.00964. The number of nitrogens with zero attached hydrogens (tertiary/aromatic N) is 2. The molecule has 0 saturated carbocycles. The molecule has 0 radical (unpaired) electrons. The number of hydrogen-bond acceptors (Lipinski definition) is 5. The molecule has 4 nitrogen and oxygen atoms in total. The van der Waals surface area contributed by atoms with Gasteiger partial charge in [-0.3, -0.25) is 4.90 Å². The van der Waals surface area contributed by atoms with Crippen molar-refractivity contribution >= 4 is 11.3 Å². The first-order chi connectivity index (χ1) is 12.8. The molecule has 2 heterocycles. The van der Waals surface area contributed by atoms with E-state index < -0.39 is 0 Å². The van der Waals surface area contributed by atoms with Gasteiger partial charge in [0.15, 0.2) is 0 Å². The molecule has 1 aliphatic heterocycles. The molecule has 0 amide bonds. The van der Waals surface area contributed by atoms with E-state index >= 15 is 0 Å². The average molecular weight is 375 g/mol. The largest absolute Gasteiger partial charge is 0.494 e. The normalized spacial score (nSPS) is 16.7. The fourth-order valence-electron chi connectivity index (χ4n) is 3.38. The molecule has 1 fully saturated rings. The number of thiophene rings is 1. The third kappa shape index (κ3) is 5.55. The van der Waals surface area contributed by atoms with Crippen LogP contribution in [0.3, 0.4) is 0 Å². The van der Waals surface area contributed by atoms with Crippen LogP contribution in [0.25, 0.3) is 0 Å². The van der Waals surface area contributed by atoms with E-state index in [0.717, 1.165) is 58.2 Å². The van der Waals surface area contributed by atoms with Crippen LogP contribution in [0.1, 0.15) is 29.8 Å². The Balaban J connectivity index is 1.63. The summed E-state index contributed by atoms with van der Waals surface area (Å²) in [6.07, 6.45) is 1.03. The summed E-state index contributed by atoms with van der Waals surface area (Å²) in [5, 5.41) is 2.18. The first-order valence-corrected chi connectivity index (χ1v) is 10.4. The van der Waals surface area contributed by atoms with Gasteiger partial charge in [0.05, 0.1) is 25.9 Å². The number of benzene rings is 1. The Morgan fingerprint density at radius 3 is 2.81 bits per heavy atom. The van der Waals surface area contributed by atoms with Crippen molar-refractivity contribution in [1.29, 1.82) is 0 Å². The second-order valence-corrected chi connectivity index (χ2v) is 7.85. The van der Waals surface area contributed by atoms with Crippen LogP contribution in [0.15, 0.2) is 41.8 Å². The van der Waals surface area contributed by atoms with Gasteiger partial charge in [0.25, 0.3) is 0 Å². The summed E-state index contributed by atoms with van der Waals surface area (Å²) < 4.78 is 11.3. The third-order valence-corrected chi connectivity index (χ3v) is 5.64. The molecule has 0 N–H and O–H groups in total. The number of likely N-dealkylation sites (N-methyl/N-ethyl adjacent to an activating group) is 1. The molecule has 1 unspecified atom stereocenters. The van der Waals surface area contributed by atoms with E-state index in [9.17, 15) is 0 Å². The van der Waals surface area contributed by atoms with Gasteiger partial charge in [-0.25, -0.2) is 0 Å². The Bertz CT molecular complexity index is 641. The molecule has 1 aliphatic rings. The molecule has 5 heteroatoms. The Hall–Kier alpha value is -1.40. The van der Waals surface area contributed by atoms with Crippen LogP contribution in [0.2, 0.25) is 0 Å². The van der Waals surface area contributed by atoms with Crippen LogP contribution in [0, 0.1) is 0 Å². The molecular formula is C21H30N2O2S. The lowest BCUT2D eigenvalue weighted by Crippen LogP contribution is -2.42. The van der Waals surface area contributed by atoms with Gasteiger partial charge in [0, 0.05) is 31.1 Å². The summed E-state index contributed by atoms with van der Waals surface area (Å²) in [6.45, 7) is 8.54. The highest BCUT2D eigenvalue weighted by atomic mass is 32.1. The summed E-state index contributed by atoms with van der Waals surface area (Å²) in [7, 11) is 2.21. The van der Waals surface area contributed by atoms with E-state index in [1.165, 1.54) is 10.4 Å². The molecule has 3 rings (SSSR count). The van der Waals surface area contributed by atoms with Crippen molar-refractivity contribution in [1.82, 2.24) is 9.80 Å². The van der Waals surface area contributed by atoms with Crippen LogP contribution in [0.4, 0.5) is 0 Å². The Labute approximate surface area is 161 Å². The molecule has 0 bridgehead atoms. The highest BCUT2D eigenvalue weighted by molar-refractivity contribution is 7.10. The van der Waals surface area contributed by atoms with Gasteiger partial charge in [0.2, 0.25) is 0 Å². The third-order valence-electron chi connectivity index (χ3n) is 4.67. The lowest BCUT2D eigenvalue weighted by Gasteiger charge is -2.36. The number of morpholine rings is 1. The summed E-state index contributed by atoms with van der Waals surface area (Å²) in [4.78, 5) is 6.42. The van der Waals surface area contributed by atoms with Gasteiger partial charge in [-0.1, -0.05) is 25.1 Å². The first-order valence-electron chi connectivity index (χ1n) is 9.51. The van der Waals surface area contributed by atoms with Crippen molar-refractivity contribution in [3.8, 4) is 5.75 Å². The maximum Gasteiger partial charge on any atom is 0.119 e. The van der Waals surface area contributed by atoms with E-state index in [0.29, 0.717) is 6.04 Å². The van der Waals surface area contributed by atoms with Gasteiger partial charge in [-0.05, 0) is 42.6 Å². The molecule has 0 spiro atoms. The summed E-state index contributed by atoms with van der Waals surface area (Å²) >= 11 is 1.86. The van der Waals surface area contributed by atoms with Gasteiger partial charge in [-0.2, -0.15) is 0 Å². The predicted octanol–water partition coefficient (Wildman–Crippen LogP) is 4.04. The zero-order valence-electron chi connectivity index (χ0n) is 15.9. The SMILES string of the molecule is CCCOc1cccc(CN(C)CC(c2cccs2)N2CCOCC2)c1. The zero-order chi connectivity index (χ0) is 18.2. The maximum atomic E-state index is 5.77. The Kier molecular flexibility index (Phi) is 7.50. The van der Waals surface area contributed by atoms with Crippen molar-refractivity contribution in [3.63, 3.8) is 0 Å². The zero-order valence-corrected chi connectivity index (χ0v) is 16.7. The minimum atomic E-state index is 0.434. The van der Waals surface area contributed by atoms with E-state index in [2.05, 4.69) is 59.5 Å². The molecule has 1 atom stereocenters. The number of hydrogen-bond donors (Lipinski definition) is 0. The molecule has 1 aromatic heterocycles.